The average molecular weight is 266 g/mol. The van der Waals surface area contributed by atoms with E-state index in [9.17, 15) is 0 Å². The fourth-order valence-electron chi connectivity index (χ4n) is 1.79. The summed E-state index contributed by atoms with van der Waals surface area (Å²) < 4.78 is 0. The molecule has 0 fully saturated rings. The van der Waals surface area contributed by atoms with E-state index in [4.69, 9.17) is 11.6 Å². The zero-order chi connectivity index (χ0) is 12.3. The number of nitrogens with zero attached hydrogens (tertiary/aromatic N) is 1. The number of hydrogen-bond donors (Lipinski definition) is 0. The maximum atomic E-state index is 5.76. The Labute approximate surface area is 111 Å². The molecule has 0 bridgehead atoms. The van der Waals surface area contributed by atoms with Gasteiger partial charge < -0.3 is 0 Å². The lowest BCUT2D eigenvalue weighted by Crippen LogP contribution is -1.93. The Morgan fingerprint density at radius 2 is 1.94 bits per heavy atom. The van der Waals surface area contributed by atoms with Gasteiger partial charge in [0.05, 0.1) is 11.6 Å². The minimum atomic E-state index is 0.496. The Kier molecular flexibility index (Phi) is 4.19. The molecule has 0 unspecified atom stereocenters. The van der Waals surface area contributed by atoms with Crippen molar-refractivity contribution in [2.75, 3.05) is 0 Å². The van der Waals surface area contributed by atoms with Crippen molar-refractivity contribution in [2.45, 2.75) is 26.1 Å². The van der Waals surface area contributed by atoms with Gasteiger partial charge in [0.1, 0.15) is 5.01 Å². The fourth-order valence-corrected chi connectivity index (χ4v) is 2.69. The summed E-state index contributed by atoms with van der Waals surface area (Å²) in [6.07, 6.45) is 1.13. The zero-order valence-electron chi connectivity index (χ0n) is 10.1. The minimum Gasteiger partial charge on any atom is -0.240 e. The van der Waals surface area contributed by atoms with Crippen molar-refractivity contribution in [3.05, 3.63) is 40.2 Å². The van der Waals surface area contributed by atoms with Gasteiger partial charge in [0.25, 0.3) is 0 Å². The van der Waals surface area contributed by atoms with Crippen molar-refractivity contribution in [3.63, 3.8) is 0 Å². The molecular weight excluding hydrogens is 250 g/mol. The zero-order valence-corrected chi connectivity index (χ0v) is 11.7. The first-order chi connectivity index (χ1) is 8.19. The van der Waals surface area contributed by atoms with Crippen molar-refractivity contribution in [3.8, 4) is 11.3 Å². The summed E-state index contributed by atoms with van der Waals surface area (Å²) in [5, 5.41) is 3.04. The van der Waals surface area contributed by atoms with Crippen molar-refractivity contribution in [1.29, 1.82) is 0 Å². The highest BCUT2D eigenvalue weighted by atomic mass is 35.5. The molecule has 2 rings (SSSR count). The molecule has 0 aliphatic heterocycles. The van der Waals surface area contributed by atoms with Crippen LogP contribution in [0.4, 0.5) is 0 Å². The van der Waals surface area contributed by atoms with Gasteiger partial charge in [-0.05, 0) is 17.9 Å². The Balaban J connectivity index is 2.17. The first-order valence-electron chi connectivity index (χ1n) is 5.78. The first kappa shape index (κ1) is 12.6. The standard InChI is InChI=1S/C14H16ClNS/c1-10(2)7-11-3-5-12(6-4-11)13-9-17-14(8-15)16-13/h3-6,9-10H,7-8H2,1-2H3. The molecule has 0 radical (unpaired) electrons. The average Bonchev–Trinajstić information content (AvgIpc) is 2.78. The molecule has 1 heterocycles. The monoisotopic (exact) mass is 265 g/mol. The van der Waals surface area contributed by atoms with E-state index >= 15 is 0 Å². The van der Waals surface area contributed by atoms with Crippen molar-refractivity contribution in [2.24, 2.45) is 5.92 Å². The summed E-state index contributed by atoms with van der Waals surface area (Å²) in [7, 11) is 0. The highest BCUT2D eigenvalue weighted by Gasteiger charge is 2.04. The first-order valence-corrected chi connectivity index (χ1v) is 7.20. The molecule has 0 spiro atoms. The Morgan fingerprint density at radius 3 is 2.47 bits per heavy atom. The number of rotatable bonds is 4. The molecular formula is C14H16ClNS. The maximum absolute atomic E-state index is 5.76. The van der Waals surface area contributed by atoms with Crippen LogP contribution in [-0.4, -0.2) is 4.98 Å². The van der Waals surface area contributed by atoms with Crippen molar-refractivity contribution in [1.82, 2.24) is 4.98 Å². The van der Waals surface area contributed by atoms with Crippen molar-refractivity contribution < 1.29 is 0 Å². The van der Waals surface area contributed by atoms with E-state index in [1.807, 2.05) is 0 Å². The van der Waals surface area contributed by atoms with Gasteiger partial charge in [-0.25, -0.2) is 4.98 Å². The molecule has 17 heavy (non-hydrogen) atoms. The predicted octanol–water partition coefficient (Wildman–Crippen LogP) is 4.75. The number of aromatic nitrogens is 1. The molecule has 0 N–H and O–H groups in total. The van der Waals surface area contributed by atoms with E-state index < -0.39 is 0 Å². The minimum absolute atomic E-state index is 0.496. The molecule has 1 aromatic carbocycles. The lowest BCUT2D eigenvalue weighted by atomic mass is 10.0. The number of hydrogen-bond acceptors (Lipinski definition) is 2. The molecule has 0 aliphatic rings. The molecule has 1 nitrogen and oxygen atoms in total. The normalized spacial score (nSPS) is 11.1. The van der Waals surface area contributed by atoms with Crippen LogP contribution in [0.5, 0.6) is 0 Å². The smallest absolute Gasteiger partial charge is 0.108 e. The second-order valence-corrected chi connectivity index (χ2v) is 5.76. The van der Waals surface area contributed by atoms with Gasteiger partial charge in [-0.3, -0.25) is 0 Å². The molecule has 0 saturated carbocycles. The molecule has 2 aromatic rings. The second-order valence-electron chi connectivity index (χ2n) is 4.56. The van der Waals surface area contributed by atoms with E-state index in [1.165, 1.54) is 11.1 Å². The predicted molar refractivity (Wildman–Crippen MR) is 75.6 cm³/mol. The highest BCUT2D eigenvalue weighted by molar-refractivity contribution is 7.10. The van der Waals surface area contributed by atoms with E-state index in [1.54, 1.807) is 11.3 Å². The topological polar surface area (TPSA) is 12.9 Å². The van der Waals surface area contributed by atoms with Gasteiger partial charge >= 0.3 is 0 Å². The SMILES string of the molecule is CC(C)Cc1ccc(-c2csc(CCl)n2)cc1. The van der Waals surface area contributed by atoms with Crippen LogP contribution in [0.25, 0.3) is 11.3 Å². The largest absolute Gasteiger partial charge is 0.240 e. The van der Waals surface area contributed by atoms with Crippen LogP contribution in [0.2, 0.25) is 0 Å². The third-order valence-corrected chi connectivity index (χ3v) is 3.82. The van der Waals surface area contributed by atoms with Crippen molar-refractivity contribution >= 4 is 22.9 Å². The molecule has 1 aromatic heterocycles. The molecule has 0 aliphatic carbocycles. The summed E-state index contributed by atoms with van der Waals surface area (Å²) in [6, 6.07) is 8.67. The molecule has 0 atom stereocenters. The molecule has 3 heteroatoms. The molecule has 0 amide bonds. The number of halogens is 1. The van der Waals surface area contributed by atoms with Gasteiger partial charge in [-0.1, -0.05) is 38.1 Å². The maximum Gasteiger partial charge on any atom is 0.108 e. The van der Waals surface area contributed by atoms with Crippen LogP contribution in [0.15, 0.2) is 29.6 Å². The Bertz CT molecular complexity index is 473. The lowest BCUT2D eigenvalue weighted by Gasteiger charge is -2.05. The Hall–Kier alpha value is -0.860. The third-order valence-electron chi connectivity index (χ3n) is 2.56. The molecule has 90 valence electrons. The summed E-state index contributed by atoms with van der Waals surface area (Å²) in [5.74, 6) is 1.19. The van der Waals surface area contributed by atoms with E-state index in [2.05, 4.69) is 48.5 Å². The van der Waals surface area contributed by atoms with Crippen LogP contribution in [0, 0.1) is 5.92 Å². The van der Waals surface area contributed by atoms with Crippen LogP contribution < -0.4 is 0 Å². The summed E-state index contributed by atoms with van der Waals surface area (Å²) in [4.78, 5) is 4.48. The summed E-state index contributed by atoms with van der Waals surface area (Å²) in [6.45, 7) is 4.47. The van der Waals surface area contributed by atoms with E-state index in [0.717, 1.165) is 17.1 Å². The van der Waals surface area contributed by atoms with Gasteiger partial charge in [0.2, 0.25) is 0 Å². The van der Waals surface area contributed by atoms with Crippen LogP contribution in [0.3, 0.4) is 0 Å². The number of alkyl halides is 1. The van der Waals surface area contributed by atoms with Gasteiger partial charge in [0.15, 0.2) is 0 Å². The van der Waals surface area contributed by atoms with Crippen LogP contribution in [0.1, 0.15) is 24.4 Å². The lowest BCUT2D eigenvalue weighted by molar-refractivity contribution is 0.647. The van der Waals surface area contributed by atoms with E-state index in [0.29, 0.717) is 11.8 Å². The second kappa shape index (κ2) is 5.65. The van der Waals surface area contributed by atoms with Gasteiger partial charge in [-0.2, -0.15) is 0 Å². The van der Waals surface area contributed by atoms with Crippen LogP contribution in [-0.2, 0) is 12.3 Å². The van der Waals surface area contributed by atoms with Gasteiger partial charge in [0, 0.05) is 10.9 Å². The quantitative estimate of drug-likeness (QED) is 0.727. The van der Waals surface area contributed by atoms with E-state index in [-0.39, 0.29) is 0 Å². The van der Waals surface area contributed by atoms with Gasteiger partial charge in [-0.15, -0.1) is 22.9 Å². The van der Waals surface area contributed by atoms with Crippen LogP contribution >= 0.6 is 22.9 Å². The Morgan fingerprint density at radius 1 is 1.24 bits per heavy atom. The highest BCUT2D eigenvalue weighted by Crippen LogP contribution is 2.23. The fraction of sp³-hybridized carbons (Fsp3) is 0.357. The summed E-state index contributed by atoms with van der Waals surface area (Å²) >= 11 is 7.37. The number of thiazole rings is 1. The summed E-state index contributed by atoms with van der Waals surface area (Å²) in [5.41, 5.74) is 3.59. The third kappa shape index (κ3) is 3.30. The number of benzene rings is 1. The molecule has 0 saturated heterocycles.